The van der Waals surface area contributed by atoms with Gasteiger partial charge in [-0.3, -0.25) is 4.79 Å². The van der Waals surface area contributed by atoms with E-state index in [0.717, 1.165) is 24.1 Å². The van der Waals surface area contributed by atoms with Gasteiger partial charge >= 0.3 is 0 Å². The van der Waals surface area contributed by atoms with Gasteiger partial charge in [-0.2, -0.15) is 0 Å². The Kier molecular flexibility index (Phi) is 7.01. The molecule has 3 N–H and O–H groups in total. The van der Waals surface area contributed by atoms with E-state index < -0.39 is 0 Å². The van der Waals surface area contributed by atoms with Crippen molar-refractivity contribution in [3.63, 3.8) is 0 Å². The van der Waals surface area contributed by atoms with Crippen LogP contribution in [-0.2, 0) is 0 Å². The summed E-state index contributed by atoms with van der Waals surface area (Å²) in [4.78, 5) is 12.0. The second-order valence-electron chi connectivity index (χ2n) is 5.10. The highest BCUT2D eigenvalue weighted by molar-refractivity contribution is 5.95. The Balaban J connectivity index is 2.24. The van der Waals surface area contributed by atoms with Crippen LogP contribution in [0.2, 0.25) is 0 Å². The number of rotatable bonds is 8. The molecule has 0 aliphatic heterocycles. The topological polar surface area (TPSA) is 55.1 Å². The second kappa shape index (κ2) is 8.57. The molecule has 1 aromatic rings. The normalized spacial score (nSPS) is 10.4. The molecule has 1 rings (SSSR count). The maximum atomic E-state index is 12.0. The lowest BCUT2D eigenvalue weighted by atomic mass is 10.1. The molecule has 0 atom stereocenters. The summed E-state index contributed by atoms with van der Waals surface area (Å²) in [6.07, 6.45) is 7.42. The predicted octanol–water partition coefficient (Wildman–Crippen LogP) is 3.67. The lowest BCUT2D eigenvalue weighted by molar-refractivity contribution is 0.0952. The molecule has 0 aromatic heterocycles. The number of nitrogens with two attached hydrogens (primary N) is 1. The van der Waals surface area contributed by atoms with Gasteiger partial charge in [0, 0.05) is 17.8 Å². The molecule has 3 heteroatoms. The summed E-state index contributed by atoms with van der Waals surface area (Å²) in [5.74, 6) is 0.00561. The van der Waals surface area contributed by atoms with Gasteiger partial charge in [-0.15, -0.1) is 0 Å². The number of unbranched alkanes of at least 4 members (excludes halogenated alkanes) is 5. The molecule has 0 aliphatic carbocycles. The Morgan fingerprint density at radius 2 is 1.84 bits per heavy atom. The van der Waals surface area contributed by atoms with E-state index in [4.69, 9.17) is 5.73 Å². The minimum absolute atomic E-state index is 0.00561. The third-order valence-electron chi connectivity index (χ3n) is 3.31. The van der Waals surface area contributed by atoms with Crippen molar-refractivity contribution in [2.24, 2.45) is 0 Å². The zero-order chi connectivity index (χ0) is 14.1. The Labute approximate surface area is 116 Å². The minimum atomic E-state index is 0.00561. The van der Waals surface area contributed by atoms with Crippen LogP contribution < -0.4 is 11.1 Å². The molecule has 0 radical (unpaired) electrons. The third-order valence-corrected chi connectivity index (χ3v) is 3.31. The van der Waals surface area contributed by atoms with Crippen LogP contribution in [0, 0.1) is 6.92 Å². The summed E-state index contributed by atoms with van der Waals surface area (Å²) in [6, 6.07) is 5.40. The molecule has 0 fully saturated rings. The summed E-state index contributed by atoms with van der Waals surface area (Å²) in [5, 5.41) is 2.97. The van der Waals surface area contributed by atoms with Gasteiger partial charge in [0.15, 0.2) is 0 Å². The van der Waals surface area contributed by atoms with Crippen LogP contribution in [0.5, 0.6) is 0 Å². The SMILES string of the molecule is CCCCCCCCNC(=O)c1ccc(N)cc1C. The molecular weight excluding hydrogens is 236 g/mol. The smallest absolute Gasteiger partial charge is 0.251 e. The number of anilines is 1. The van der Waals surface area contributed by atoms with Crippen LogP contribution in [0.4, 0.5) is 5.69 Å². The molecule has 3 nitrogen and oxygen atoms in total. The quantitative estimate of drug-likeness (QED) is 0.555. The van der Waals surface area contributed by atoms with E-state index in [1.54, 1.807) is 12.1 Å². The first-order chi connectivity index (χ1) is 9.15. The van der Waals surface area contributed by atoms with Crippen LogP contribution in [-0.4, -0.2) is 12.5 Å². The Bertz CT molecular complexity index is 402. The fourth-order valence-corrected chi connectivity index (χ4v) is 2.14. The first kappa shape index (κ1) is 15.5. The first-order valence-electron chi connectivity index (χ1n) is 7.29. The van der Waals surface area contributed by atoms with Gasteiger partial charge in [-0.05, 0) is 37.1 Å². The molecule has 19 heavy (non-hydrogen) atoms. The van der Waals surface area contributed by atoms with Crippen LogP contribution >= 0.6 is 0 Å². The average Bonchev–Trinajstić information content (AvgIpc) is 2.37. The number of benzene rings is 1. The summed E-state index contributed by atoms with van der Waals surface area (Å²) >= 11 is 0. The number of carbonyl (C=O) groups is 1. The zero-order valence-corrected chi connectivity index (χ0v) is 12.2. The maximum Gasteiger partial charge on any atom is 0.251 e. The summed E-state index contributed by atoms with van der Waals surface area (Å²) in [7, 11) is 0. The monoisotopic (exact) mass is 262 g/mol. The van der Waals surface area contributed by atoms with Crippen molar-refractivity contribution >= 4 is 11.6 Å². The first-order valence-corrected chi connectivity index (χ1v) is 7.29. The highest BCUT2D eigenvalue weighted by Gasteiger charge is 2.07. The average molecular weight is 262 g/mol. The van der Waals surface area contributed by atoms with E-state index in [9.17, 15) is 4.79 Å². The summed E-state index contributed by atoms with van der Waals surface area (Å²) in [6.45, 7) is 4.89. The van der Waals surface area contributed by atoms with Gasteiger partial charge in [0.2, 0.25) is 0 Å². The molecule has 0 saturated carbocycles. The fourth-order valence-electron chi connectivity index (χ4n) is 2.14. The number of nitrogens with one attached hydrogen (secondary N) is 1. The van der Waals surface area contributed by atoms with Gasteiger partial charge in [0.05, 0.1) is 0 Å². The molecular formula is C16H26N2O. The van der Waals surface area contributed by atoms with Crippen molar-refractivity contribution in [3.8, 4) is 0 Å². The Hall–Kier alpha value is -1.51. The largest absolute Gasteiger partial charge is 0.399 e. The Morgan fingerprint density at radius 1 is 1.16 bits per heavy atom. The molecule has 0 bridgehead atoms. The number of aryl methyl sites for hydroxylation is 1. The summed E-state index contributed by atoms with van der Waals surface area (Å²) in [5.41, 5.74) is 8.03. The van der Waals surface area contributed by atoms with Gasteiger partial charge in [-0.1, -0.05) is 39.0 Å². The molecule has 0 aliphatic rings. The van der Waals surface area contributed by atoms with Crippen molar-refractivity contribution in [1.29, 1.82) is 0 Å². The van der Waals surface area contributed by atoms with Gasteiger partial charge < -0.3 is 11.1 Å². The predicted molar refractivity (Wildman–Crippen MR) is 81.3 cm³/mol. The van der Waals surface area contributed by atoms with Crippen molar-refractivity contribution < 1.29 is 4.79 Å². The summed E-state index contributed by atoms with van der Waals surface area (Å²) < 4.78 is 0. The van der Waals surface area contributed by atoms with Crippen molar-refractivity contribution in [2.45, 2.75) is 52.4 Å². The van der Waals surface area contributed by atoms with Crippen LogP contribution in [0.15, 0.2) is 18.2 Å². The van der Waals surface area contributed by atoms with E-state index in [-0.39, 0.29) is 5.91 Å². The van der Waals surface area contributed by atoms with Crippen LogP contribution in [0.25, 0.3) is 0 Å². The number of carbonyl (C=O) groups excluding carboxylic acids is 1. The molecule has 0 heterocycles. The molecule has 0 saturated heterocycles. The lowest BCUT2D eigenvalue weighted by Gasteiger charge is -2.08. The molecule has 0 unspecified atom stereocenters. The van der Waals surface area contributed by atoms with Gasteiger partial charge in [-0.25, -0.2) is 0 Å². The van der Waals surface area contributed by atoms with Gasteiger partial charge in [0.1, 0.15) is 0 Å². The van der Waals surface area contributed by atoms with E-state index in [2.05, 4.69) is 12.2 Å². The molecule has 0 spiro atoms. The van der Waals surface area contributed by atoms with Crippen molar-refractivity contribution in [3.05, 3.63) is 29.3 Å². The van der Waals surface area contributed by atoms with E-state index in [1.165, 1.54) is 32.1 Å². The van der Waals surface area contributed by atoms with Crippen molar-refractivity contribution in [2.75, 3.05) is 12.3 Å². The molecule has 106 valence electrons. The van der Waals surface area contributed by atoms with E-state index in [0.29, 0.717) is 5.69 Å². The highest BCUT2D eigenvalue weighted by Crippen LogP contribution is 2.12. The minimum Gasteiger partial charge on any atom is -0.399 e. The maximum absolute atomic E-state index is 12.0. The highest BCUT2D eigenvalue weighted by atomic mass is 16.1. The number of hydrogen-bond acceptors (Lipinski definition) is 2. The number of nitrogen functional groups attached to an aromatic ring is 1. The number of amides is 1. The number of hydrogen-bond donors (Lipinski definition) is 2. The fraction of sp³-hybridized carbons (Fsp3) is 0.562. The second-order valence-corrected chi connectivity index (χ2v) is 5.10. The lowest BCUT2D eigenvalue weighted by Crippen LogP contribution is -2.25. The standard InChI is InChI=1S/C16H26N2O/c1-3-4-5-6-7-8-11-18-16(19)15-10-9-14(17)12-13(15)2/h9-10,12H,3-8,11,17H2,1-2H3,(H,18,19). The van der Waals surface area contributed by atoms with E-state index in [1.807, 2.05) is 13.0 Å². The van der Waals surface area contributed by atoms with Crippen LogP contribution in [0.3, 0.4) is 0 Å². The molecule has 1 amide bonds. The van der Waals surface area contributed by atoms with Crippen molar-refractivity contribution in [1.82, 2.24) is 5.32 Å². The zero-order valence-electron chi connectivity index (χ0n) is 12.2. The molecule has 1 aromatic carbocycles. The Morgan fingerprint density at radius 3 is 2.53 bits per heavy atom. The van der Waals surface area contributed by atoms with Gasteiger partial charge in [0.25, 0.3) is 5.91 Å². The van der Waals surface area contributed by atoms with Crippen LogP contribution in [0.1, 0.15) is 61.4 Å². The van der Waals surface area contributed by atoms with E-state index >= 15 is 0 Å². The third kappa shape index (κ3) is 5.77.